The summed E-state index contributed by atoms with van der Waals surface area (Å²) in [4.78, 5) is 15.3. The summed E-state index contributed by atoms with van der Waals surface area (Å²) in [5.41, 5.74) is -0.451. The van der Waals surface area contributed by atoms with Crippen LogP contribution < -0.4 is 4.74 Å². The second kappa shape index (κ2) is 12.8. The lowest BCUT2D eigenvalue weighted by Crippen LogP contribution is -2.75. The van der Waals surface area contributed by atoms with Gasteiger partial charge in [0, 0.05) is 11.1 Å². The van der Waals surface area contributed by atoms with Crippen LogP contribution in [0.4, 0.5) is 0 Å². The number of Topliss-reactive ketones (excluding diaryl/α,β-unsaturated/α-hetero) is 1. The molecule has 6 atom stereocenters. The maximum absolute atomic E-state index is 15.3. The van der Waals surface area contributed by atoms with E-state index in [0.717, 1.165) is 11.1 Å². The normalized spacial score (nSPS) is 29.6. The van der Waals surface area contributed by atoms with Crippen molar-refractivity contribution in [1.29, 1.82) is 0 Å². The Labute approximate surface area is 305 Å². The average Bonchev–Trinajstić information content (AvgIpc) is 3.40. The van der Waals surface area contributed by atoms with E-state index in [1.165, 1.54) is 11.8 Å². The summed E-state index contributed by atoms with van der Waals surface area (Å²) in [7, 11) is -5.03. The van der Waals surface area contributed by atoms with E-state index in [2.05, 4.69) is 67.7 Å². The predicted molar refractivity (Wildman–Crippen MR) is 207 cm³/mol. The summed E-state index contributed by atoms with van der Waals surface area (Å²) in [5, 5.41) is -0.264. The summed E-state index contributed by atoms with van der Waals surface area (Å²) < 4.78 is 42.7. The highest BCUT2D eigenvalue weighted by molar-refractivity contribution is 8.22. The highest BCUT2D eigenvalue weighted by Crippen LogP contribution is 2.64. The quantitative estimate of drug-likeness (QED) is 0.194. The molecule has 5 rings (SSSR count). The van der Waals surface area contributed by atoms with Crippen molar-refractivity contribution in [2.75, 3.05) is 6.26 Å². The molecule has 2 fully saturated rings. The van der Waals surface area contributed by atoms with Gasteiger partial charge in [-0.05, 0) is 87.1 Å². The molecule has 1 saturated heterocycles. The molecule has 2 aromatic rings. The molecule has 0 bridgehead atoms. The van der Waals surface area contributed by atoms with Crippen molar-refractivity contribution < 1.29 is 32.6 Å². The molecule has 270 valence electrons. The van der Waals surface area contributed by atoms with Crippen LogP contribution in [-0.4, -0.2) is 68.4 Å². The number of hydrogen-bond acceptors (Lipinski definition) is 9. The molecule has 2 aliphatic carbocycles. The van der Waals surface area contributed by atoms with Crippen LogP contribution in [0.2, 0.25) is 36.3 Å². The van der Waals surface area contributed by atoms with Gasteiger partial charge in [0.1, 0.15) is 30.2 Å². The zero-order chi connectivity index (χ0) is 36.6. The Morgan fingerprint density at radius 1 is 0.898 bits per heavy atom. The lowest BCUT2D eigenvalue weighted by atomic mass is 9.63. The first-order chi connectivity index (χ1) is 22.4. The van der Waals surface area contributed by atoms with Crippen molar-refractivity contribution in [1.82, 2.24) is 0 Å². The van der Waals surface area contributed by atoms with Gasteiger partial charge in [-0.25, -0.2) is 0 Å². The maximum Gasteiger partial charge on any atom is 0.220 e. The highest BCUT2D eigenvalue weighted by atomic mass is 32.2. The number of hydrogen-bond donors (Lipinski definition) is 0. The number of rotatable bonds is 8. The molecular weight excluding hydrogens is 689 g/mol. The van der Waals surface area contributed by atoms with Gasteiger partial charge in [-0.2, -0.15) is 0 Å². The fourth-order valence-electron chi connectivity index (χ4n) is 7.08. The molecule has 0 aromatic heterocycles. The SMILES string of the molecule is CSC(=S)O[C@]12C(=O)c3cccc(OCc4ccccc4)c3[C@H]1[C@H](O[Si](C)(C)C(C)(C)C)[C@@H](O[Si](C)(C)C(C)(C)C)[C@]1(C)OC(C)(C)O[C@@H]12. The van der Waals surface area contributed by atoms with E-state index in [1.807, 2.05) is 75.6 Å². The Morgan fingerprint density at radius 3 is 2.06 bits per heavy atom. The number of thioether (sulfide) groups is 1. The smallest absolute Gasteiger partial charge is 0.220 e. The molecule has 2 aromatic carbocycles. The number of ketones is 1. The first-order valence-electron chi connectivity index (χ1n) is 17.3. The van der Waals surface area contributed by atoms with Gasteiger partial charge in [0.2, 0.25) is 15.8 Å². The Hall–Kier alpha value is -1.58. The first kappa shape index (κ1) is 38.6. The van der Waals surface area contributed by atoms with Gasteiger partial charge in [-0.1, -0.05) is 95.8 Å². The van der Waals surface area contributed by atoms with Crippen molar-refractivity contribution in [2.45, 2.75) is 146 Å². The van der Waals surface area contributed by atoms with Crippen LogP contribution in [0.5, 0.6) is 5.75 Å². The van der Waals surface area contributed by atoms with Gasteiger partial charge >= 0.3 is 0 Å². The Morgan fingerprint density at radius 2 is 1.49 bits per heavy atom. The van der Waals surface area contributed by atoms with Crippen molar-refractivity contribution >= 4 is 50.8 Å². The van der Waals surface area contributed by atoms with Gasteiger partial charge < -0.3 is 27.8 Å². The second-order valence-corrected chi connectivity index (χ2v) is 28.4. The number of ether oxygens (including phenoxy) is 4. The van der Waals surface area contributed by atoms with Gasteiger partial charge in [0.05, 0.1) is 12.0 Å². The largest absolute Gasteiger partial charge is 0.489 e. The molecule has 0 amide bonds. The van der Waals surface area contributed by atoms with Crippen LogP contribution in [0.25, 0.3) is 0 Å². The second-order valence-electron chi connectivity index (χ2n) is 17.5. The minimum Gasteiger partial charge on any atom is -0.489 e. The molecule has 1 saturated carbocycles. The van der Waals surface area contributed by atoms with E-state index in [-0.39, 0.29) is 20.2 Å². The summed E-state index contributed by atoms with van der Waals surface area (Å²) >= 11 is 7.09. The number of thiocarbonyl (C=S) groups is 1. The molecular formula is C38H56O7S2Si2. The van der Waals surface area contributed by atoms with E-state index < -0.39 is 57.9 Å². The van der Waals surface area contributed by atoms with Crippen LogP contribution in [0.3, 0.4) is 0 Å². The molecule has 0 radical (unpaired) electrons. The van der Waals surface area contributed by atoms with E-state index in [9.17, 15) is 0 Å². The zero-order valence-electron chi connectivity index (χ0n) is 31.8. The Balaban J connectivity index is 1.83. The van der Waals surface area contributed by atoms with Crippen LogP contribution in [0, 0.1) is 0 Å². The van der Waals surface area contributed by atoms with Crippen molar-refractivity contribution in [3.63, 3.8) is 0 Å². The number of benzene rings is 2. The van der Waals surface area contributed by atoms with Crippen molar-refractivity contribution in [3.8, 4) is 5.75 Å². The minimum atomic E-state index is -2.55. The molecule has 7 nitrogen and oxygen atoms in total. The summed E-state index contributed by atoms with van der Waals surface area (Å²) in [5.74, 6) is -1.33. The third-order valence-electron chi connectivity index (χ3n) is 11.5. The topological polar surface area (TPSA) is 72.5 Å². The molecule has 0 unspecified atom stereocenters. The fourth-order valence-corrected chi connectivity index (χ4v) is 10.1. The molecule has 0 N–H and O–H groups in total. The van der Waals surface area contributed by atoms with Gasteiger partial charge in [0.25, 0.3) is 0 Å². The first-order valence-corrected chi connectivity index (χ1v) is 24.7. The van der Waals surface area contributed by atoms with Crippen LogP contribution in [0.1, 0.15) is 89.7 Å². The van der Waals surface area contributed by atoms with Crippen molar-refractivity contribution in [3.05, 3.63) is 65.2 Å². The monoisotopic (exact) mass is 744 g/mol. The van der Waals surface area contributed by atoms with Crippen LogP contribution in [0.15, 0.2) is 48.5 Å². The third kappa shape index (κ3) is 6.64. The molecule has 11 heteroatoms. The molecule has 0 spiro atoms. The molecule has 49 heavy (non-hydrogen) atoms. The average molecular weight is 745 g/mol. The summed E-state index contributed by atoms with van der Waals surface area (Å²) in [6.45, 7) is 28.5. The fraction of sp³-hybridized carbons (Fsp3) is 0.632. The summed E-state index contributed by atoms with van der Waals surface area (Å²) in [6, 6.07) is 15.7. The van der Waals surface area contributed by atoms with Gasteiger partial charge in [0.15, 0.2) is 22.4 Å². The molecule has 3 aliphatic rings. The lowest BCUT2D eigenvalue weighted by molar-refractivity contribution is -0.203. The van der Waals surface area contributed by atoms with Crippen LogP contribution in [-0.2, 0) is 29.7 Å². The summed E-state index contributed by atoms with van der Waals surface area (Å²) in [6.07, 6.45) is -0.286. The van der Waals surface area contributed by atoms with E-state index >= 15 is 4.79 Å². The standard InChI is InChI=1S/C38H56O7S2Si2/c1-34(2,3)48(11,12)43-29-28-27-25(21-18-22-26(27)40-23-24-19-16-15-17-20-24)30(39)38(28,42-33(46)47-10)32-37(9,45-36(7,8)41-32)31(29)44-49(13,14)35(4,5)6/h15-22,28-29,31-32H,23H2,1-14H3/t28-,29-,31+,32-,37-,38-/m0/s1. The lowest BCUT2D eigenvalue weighted by Gasteiger charge is -2.58. The third-order valence-corrected chi connectivity index (χ3v) is 21.5. The number of fused-ring (bicyclic) bond motifs is 5. The predicted octanol–water partition coefficient (Wildman–Crippen LogP) is 9.65. The Bertz CT molecular complexity index is 1580. The van der Waals surface area contributed by atoms with E-state index in [4.69, 9.17) is 40.0 Å². The van der Waals surface area contributed by atoms with Crippen molar-refractivity contribution in [2.24, 2.45) is 0 Å². The number of carbonyl (C=O) groups excluding carboxylic acids is 1. The van der Waals surface area contributed by atoms with Gasteiger partial charge in [-0.15, -0.1) is 0 Å². The molecule has 1 aliphatic heterocycles. The Kier molecular flexibility index (Phi) is 10.1. The minimum absolute atomic E-state index is 0.117. The molecule has 1 heterocycles. The highest BCUT2D eigenvalue weighted by Gasteiger charge is 2.79. The van der Waals surface area contributed by atoms with Gasteiger partial charge in [-0.3, -0.25) is 4.79 Å². The number of carbonyl (C=O) groups is 1. The zero-order valence-corrected chi connectivity index (χ0v) is 35.4. The van der Waals surface area contributed by atoms with Crippen LogP contribution >= 0.6 is 24.0 Å². The van der Waals surface area contributed by atoms with E-state index in [0.29, 0.717) is 17.9 Å². The van der Waals surface area contributed by atoms with E-state index in [1.54, 1.807) is 0 Å². The maximum atomic E-state index is 15.3.